The van der Waals surface area contributed by atoms with Crippen LogP contribution in [-0.4, -0.2) is 9.55 Å². The third-order valence-electron chi connectivity index (χ3n) is 2.37. The van der Waals surface area contributed by atoms with Gasteiger partial charge in [0, 0.05) is 13.2 Å². The maximum absolute atomic E-state index is 13.6. The van der Waals surface area contributed by atoms with Gasteiger partial charge in [0.2, 0.25) is 5.95 Å². The van der Waals surface area contributed by atoms with Crippen LogP contribution in [0.5, 0.6) is 0 Å². The van der Waals surface area contributed by atoms with Crippen LogP contribution in [0.4, 0.5) is 16.0 Å². The smallest absolute Gasteiger partial charge is 0.207 e. The summed E-state index contributed by atoms with van der Waals surface area (Å²) in [6, 6.07) is 5.08. The molecule has 0 unspecified atom stereocenters. The molecular formula is C12H14FN3. The molecule has 0 bridgehead atoms. The Balaban J connectivity index is 2.30. The van der Waals surface area contributed by atoms with Gasteiger partial charge in [-0.3, -0.25) is 0 Å². The molecule has 2 rings (SSSR count). The molecule has 0 fully saturated rings. The fourth-order valence-electron chi connectivity index (χ4n) is 1.57. The van der Waals surface area contributed by atoms with Gasteiger partial charge in [-0.1, -0.05) is 6.07 Å². The standard InChI is InChI=1S/C12H14FN3/c1-8-4-5-11(10(13)6-8)15-12-14-9(2)7-16(12)3/h4-7H,1-3H3,(H,14,15). The van der Waals surface area contributed by atoms with Crippen molar-refractivity contribution in [3.63, 3.8) is 0 Å². The normalized spacial score (nSPS) is 10.5. The highest BCUT2D eigenvalue weighted by Gasteiger charge is 2.06. The summed E-state index contributed by atoms with van der Waals surface area (Å²) in [5.74, 6) is 0.376. The number of rotatable bonds is 2. The molecule has 0 aliphatic carbocycles. The van der Waals surface area contributed by atoms with Crippen LogP contribution in [0.15, 0.2) is 24.4 Å². The van der Waals surface area contributed by atoms with Crippen molar-refractivity contribution in [2.45, 2.75) is 13.8 Å². The minimum absolute atomic E-state index is 0.263. The Kier molecular flexibility index (Phi) is 2.64. The van der Waals surface area contributed by atoms with Crippen LogP contribution in [0.25, 0.3) is 0 Å². The molecule has 1 aromatic heterocycles. The van der Waals surface area contributed by atoms with E-state index in [0.717, 1.165) is 11.3 Å². The van der Waals surface area contributed by atoms with E-state index >= 15 is 0 Å². The SMILES string of the molecule is Cc1ccc(Nc2nc(C)cn2C)c(F)c1. The Morgan fingerprint density at radius 3 is 2.62 bits per heavy atom. The highest BCUT2D eigenvalue weighted by molar-refractivity contribution is 5.55. The zero-order chi connectivity index (χ0) is 11.7. The summed E-state index contributed by atoms with van der Waals surface area (Å²) in [4.78, 5) is 4.25. The van der Waals surface area contributed by atoms with Crippen molar-refractivity contribution in [3.05, 3.63) is 41.5 Å². The monoisotopic (exact) mass is 219 g/mol. The molecule has 0 radical (unpaired) electrons. The van der Waals surface area contributed by atoms with Gasteiger partial charge in [0.1, 0.15) is 5.82 Å². The highest BCUT2D eigenvalue weighted by atomic mass is 19.1. The Morgan fingerprint density at radius 2 is 2.06 bits per heavy atom. The van der Waals surface area contributed by atoms with E-state index in [-0.39, 0.29) is 5.82 Å². The van der Waals surface area contributed by atoms with Crippen molar-refractivity contribution in [1.29, 1.82) is 0 Å². The zero-order valence-electron chi connectivity index (χ0n) is 9.58. The maximum Gasteiger partial charge on any atom is 0.207 e. The second kappa shape index (κ2) is 3.96. The predicted molar refractivity (Wildman–Crippen MR) is 62.4 cm³/mol. The maximum atomic E-state index is 13.6. The van der Waals surface area contributed by atoms with E-state index in [1.807, 2.05) is 37.7 Å². The molecule has 0 saturated heterocycles. The van der Waals surface area contributed by atoms with Gasteiger partial charge in [-0.05, 0) is 31.5 Å². The minimum atomic E-state index is -0.263. The number of aryl methyl sites for hydroxylation is 3. The molecule has 16 heavy (non-hydrogen) atoms. The van der Waals surface area contributed by atoms with E-state index in [1.54, 1.807) is 6.07 Å². The van der Waals surface area contributed by atoms with E-state index in [9.17, 15) is 4.39 Å². The third-order valence-corrected chi connectivity index (χ3v) is 2.37. The van der Waals surface area contributed by atoms with Crippen LogP contribution in [0, 0.1) is 19.7 Å². The number of hydrogen-bond donors (Lipinski definition) is 1. The van der Waals surface area contributed by atoms with Crippen molar-refractivity contribution in [3.8, 4) is 0 Å². The number of nitrogens with one attached hydrogen (secondary N) is 1. The molecule has 1 heterocycles. The lowest BCUT2D eigenvalue weighted by Crippen LogP contribution is -2.00. The van der Waals surface area contributed by atoms with Gasteiger partial charge in [-0.2, -0.15) is 0 Å². The first-order chi connectivity index (χ1) is 7.56. The molecule has 0 saturated carbocycles. The molecule has 0 aliphatic heterocycles. The predicted octanol–water partition coefficient (Wildman–Crippen LogP) is 2.92. The largest absolute Gasteiger partial charge is 0.323 e. The number of benzene rings is 1. The lowest BCUT2D eigenvalue weighted by atomic mass is 10.2. The topological polar surface area (TPSA) is 29.9 Å². The van der Waals surface area contributed by atoms with Crippen LogP contribution in [0.1, 0.15) is 11.3 Å². The van der Waals surface area contributed by atoms with Gasteiger partial charge in [0.05, 0.1) is 11.4 Å². The van der Waals surface area contributed by atoms with Crippen molar-refractivity contribution in [1.82, 2.24) is 9.55 Å². The summed E-state index contributed by atoms with van der Waals surface area (Å²) >= 11 is 0. The highest BCUT2D eigenvalue weighted by Crippen LogP contribution is 2.19. The molecule has 4 heteroatoms. The number of nitrogens with zero attached hydrogens (tertiary/aromatic N) is 2. The number of hydrogen-bond acceptors (Lipinski definition) is 2. The molecule has 1 aromatic carbocycles. The average Bonchev–Trinajstić information content (AvgIpc) is 2.50. The summed E-state index contributed by atoms with van der Waals surface area (Å²) in [7, 11) is 1.87. The first kappa shape index (κ1) is 10.7. The Morgan fingerprint density at radius 1 is 1.31 bits per heavy atom. The number of imidazole rings is 1. The lowest BCUT2D eigenvalue weighted by molar-refractivity contribution is 0.630. The number of halogens is 1. The fraction of sp³-hybridized carbons (Fsp3) is 0.250. The molecule has 0 atom stereocenters. The summed E-state index contributed by atoms with van der Waals surface area (Å²) in [6.45, 7) is 3.76. The summed E-state index contributed by atoms with van der Waals surface area (Å²) in [6.07, 6.45) is 1.88. The van der Waals surface area contributed by atoms with Crippen LogP contribution in [0.3, 0.4) is 0 Å². The third kappa shape index (κ3) is 2.05. The first-order valence-electron chi connectivity index (χ1n) is 5.09. The molecule has 0 spiro atoms. The molecule has 84 valence electrons. The molecule has 0 aliphatic rings. The van der Waals surface area contributed by atoms with Gasteiger partial charge in [0.15, 0.2) is 0 Å². The second-order valence-electron chi connectivity index (χ2n) is 3.93. The number of aromatic nitrogens is 2. The second-order valence-corrected chi connectivity index (χ2v) is 3.93. The minimum Gasteiger partial charge on any atom is -0.323 e. The van der Waals surface area contributed by atoms with Crippen molar-refractivity contribution < 1.29 is 4.39 Å². The van der Waals surface area contributed by atoms with E-state index < -0.39 is 0 Å². The molecule has 3 nitrogen and oxygen atoms in total. The fourth-order valence-corrected chi connectivity index (χ4v) is 1.57. The Bertz CT molecular complexity index is 517. The van der Waals surface area contributed by atoms with Crippen LogP contribution in [0.2, 0.25) is 0 Å². The molecule has 2 aromatic rings. The Labute approximate surface area is 93.9 Å². The van der Waals surface area contributed by atoms with Crippen molar-refractivity contribution in [2.24, 2.45) is 7.05 Å². The lowest BCUT2D eigenvalue weighted by Gasteiger charge is -2.07. The van der Waals surface area contributed by atoms with E-state index in [4.69, 9.17) is 0 Å². The van der Waals surface area contributed by atoms with Crippen LogP contribution >= 0.6 is 0 Å². The molecule has 0 amide bonds. The van der Waals surface area contributed by atoms with Crippen LogP contribution in [-0.2, 0) is 7.05 Å². The summed E-state index contributed by atoms with van der Waals surface area (Å²) in [5.41, 5.74) is 2.25. The van der Waals surface area contributed by atoms with Gasteiger partial charge in [-0.25, -0.2) is 9.37 Å². The zero-order valence-corrected chi connectivity index (χ0v) is 9.58. The molecule has 1 N–H and O–H groups in total. The van der Waals surface area contributed by atoms with E-state index in [1.165, 1.54) is 6.07 Å². The van der Waals surface area contributed by atoms with Gasteiger partial charge < -0.3 is 9.88 Å². The average molecular weight is 219 g/mol. The van der Waals surface area contributed by atoms with Gasteiger partial charge in [0.25, 0.3) is 0 Å². The van der Waals surface area contributed by atoms with Crippen molar-refractivity contribution >= 4 is 11.6 Å². The van der Waals surface area contributed by atoms with E-state index in [2.05, 4.69) is 10.3 Å². The van der Waals surface area contributed by atoms with E-state index in [0.29, 0.717) is 11.6 Å². The summed E-state index contributed by atoms with van der Waals surface area (Å²) < 4.78 is 15.4. The van der Waals surface area contributed by atoms with Gasteiger partial charge >= 0.3 is 0 Å². The quantitative estimate of drug-likeness (QED) is 0.841. The van der Waals surface area contributed by atoms with Crippen LogP contribution < -0.4 is 5.32 Å². The Hall–Kier alpha value is -1.84. The molecular weight excluding hydrogens is 205 g/mol. The number of anilines is 2. The van der Waals surface area contributed by atoms with Crippen molar-refractivity contribution in [2.75, 3.05) is 5.32 Å². The first-order valence-corrected chi connectivity index (χ1v) is 5.09. The summed E-state index contributed by atoms with van der Waals surface area (Å²) in [5, 5.41) is 2.97. The van der Waals surface area contributed by atoms with Gasteiger partial charge in [-0.15, -0.1) is 0 Å².